The van der Waals surface area contributed by atoms with Gasteiger partial charge in [-0.1, -0.05) is 12.1 Å². The minimum absolute atomic E-state index is 0.0340. The van der Waals surface area contributed by atoms with E-state index in [0.29, 0.717) is 16.7 Å². The topological polar surface area (TPSA) is 70.9 Å². The predicted octanol–water partition coefficient (Wildman–Crippen LogP) is 2.93. The van der Waals surface area contributed by atoms with Crippen LogP contribution in [0.3, 0.4) is 0 Å². The van der Waals surface area contributed by atoms with Crippen LogP contribution in [0.25, 0.3) is 10.9 Å². The first-order valence-electron chi connectivity index (χ1n) is 6.93. The largest absolute Gasteiger partial charge is 0.468 e. The van der Waals surface area contributed by atoms with Gasteiger partial charge in [-0.2, -0.15) is 0 Å². The molecule has 0 radical (unpaired) electrons. The number of aromatic nitrogens is 2. The molecule has 0 unspecified atom stereocenters. The first-order valence-corrected chi connectivity index (χ1v) is 6.93. The Hall–Kier alpha value is -2.40. The van der Waals surface area contributed by atoms with E-state index in [-0.39, 0.29) is 17.6 Å². The molecule has 2 N–H and O–H groups in total. The van der Waals surface area contributed by atoms with Crippen LogP contribution in [0.1, 0.15) is 37.5 Å². The number of nitrogens with zero attached hydrogens (tertiary/aromatic N) is 1. The minimum atomic E-state index is -0.116. The van der Waals surface area contributed by atoms with Crippen LogP contribution in [0.15, 0.2) is 51.9 Å². The van der Waals surface area contributed by atoms with Crippen molar-refractivity contribution in [3.05, 3.63) is 64.6 Å². The van der Waals surface area contributed by atoms with E-state index in [9.17, 15) is 4.79 Å². The quantitative estimate of drug-likeness (QED) is 0.772. The average Bonchev–Trinajstić information content (AvgIpc) is 3.01. The van der Waals surface area contributed by atoms with Crippen LogP contribution in [0.5, 0.6) is 0 Å². The molecule has 1 aromatic carbocycles. The number of rotatable bonds is 4. The molecule has 0 saturated heterocycles. The Bertz CT molecular complexity index is 793. The lowest BCUT2D eigenvalue weighted by Crippen LogP contribution is -2.26. The second-order valence-corrected chi connectivity index (χ2v) is 5.09. The van der Waals surface area contributed by atoms with Crippen LogP contribution in [0.4, 0.5) is 0 Å². The van der Waals surface area contributed by atoms with E-state index in [1.807, 2.05) is 44.2 Å². The Morgan fingerprint density at radius 2 is 1.95 bits per heavy atom. The number of hydrogen-bond acceptors (Lipinski definition) is 4. The summed E-state index contributed by atoms with van der Waals surface area (Å²) in [5.41, 5.74) is 0.588. The molecule has 0 aliphatic carbocycles. The van der Waals surface area contributed by atoms with Gasteiger partial charge in [0.25, 0.3) is 5.56 Å². The number of H-pyrrole nitrogens is 1. The third-order valence-electron chi connectivity index (χ3n) is 3.51. The highest BCUT2D eigenvalue weighted by Crippen LogP contribution is 2.18. The average molecular weight is 283 g/mol. The maximum Gasteiger partial charge on any atom is 0.258 e. The van der Waals surface area contributed by atoms with Gasteiger partial charge in [-0.05, 0) is 38.1 Å². The molecule has 0 fully saturated rings. The number of nitrogens with one attached hydrogen (secondary N) is 2. The zero-order valence-corrected chi connectivity index (χ0v) is 12.0. The maximum absolute atomic E-state index is 12.1. The second kappa shape index (κ2) is 5.54. The van der Waals surface area contributed by atoms with Crippen LogP contribution in [-0.4, -0.2) is 9.97 Å². The molecule has 2 heterocycles. The highest BCUT2D eigenvalue weighted by Gasteiger charge is 2.15. The number of aromatic amines is 1. The summed E-state index contributed by atoms with van der Waals surface area (Å²) in [7, 11) is 0. The molecule has 0 bridgehead atoms. The van der Waals surface area contributed by atoms with Gasteiger partial charge < -0.3 is 9.40 Å². The van der Waals surface area contributed by atoms with Crippen LogP contribution in [-0.2, 0) is 0 Å². The van der Waals surface area contributed by atoms with Gasteiger partial charge in [-0.15, -0.1) is 0 Å². The molecule has 108 valence electrons. The van der Waals surface area contributed by atoms with E-state index >= 15 is 0 Å². The highest BCUT2D eigenvalue weighted by molar-refractivity contribution is 5.77. The maximum atomic E-state index is 12.1. The molecule has 2 atom stereocenters. The number of furan rings is 1. The third kappa shape index (κ3) is 2.73. The second-order valence-electron chi connectivity index (χ2n) is 5.09. The van der Waals surface area contributed by atoms with Gasteiger partial charge >= 0.3 is 0 Å². The SMILES string of the molecule is C[C@H](N[C@H](C)c1ccco1)c1nc2ccccc2c(=O)[nH]1. The Labute approximate surface area is 122 Å². The van der Waals surface area contributed by atoms with Crippen molar-refractivity contribution >= 4 is 10.9 Å². The minimum Gasteiger partial charge on any atom is -0.468 e. The molecule has 0 aliphatic rings. The van der Waals surface area contributed by atoms with E-state index in [2.05, 4.69) is 15.3 Å². The van der Waals surface area contributed by atoms with Gasteiger partial charge in [0.05, 0.1) is 29.2 Å². The molecular formula is C16H17N3O2. The molecule has 5 heteroatoms. The molecule has 0 spiro atoms. The molecule has 21 heavy (non-hydrogen) atoms. The zero-order chi connectivity index (χ0) is 14.8. The predicted molar refractivity (Wildman–Crippen MR) is 81.0 cm³/mol. The number of hydrogen-bond donors (Lipinski definition) is 2. The lowest BCUT2D eigenvalue weighted by atomic mass is 10.2. The summed E-state index contributed by atoms with van der Waals surface area (Å²) >= 11 is 0. The van der Waals surface area contributed by atoms with E-state index in [1.54, 1.807) is 12.3 Å². The third-order valence-corrected chi connectivity index (χ3v) is 3.51. The first-order chi connectivity index (χ1) is 10.1. The van der Waals surface area contributed by atoms with Crippen molar-refractivity contribution in [1.29, 1.82) is 0 Å². The van der Waals surface area contributed by atoms with E-state index in [1.165, 1.54) is 0 Å². The Morgan fingerprint density at radius 1 is 1.14 bits per heavy atom. The summed E-state index contributed by atoms with van der Waals surface area (Å²) in [6, 6.07) is 11.0. The van der Waals surface area contributed by atoms with Crippen molar-refractivity contribution in [1.82, 2.24) is 15.3 Å². The van der Waals surface area contributed by atoms with Gasteiger partial charge in [0.1, 0.15) is 11.6 Å². The van der Waals surface area contributed by atoms with Gasteiger partial charge in [0, 0.05) is 0 Å². The summed E-state index contributed by atoms with van der Waals surface area (Å²) in [6.07, 6.45) is 1.65. The van der Waals surface area contributed by atoms with Crippen molar-refractivity contribution in [2.24, 2.45) is 0 Å². The Balaban J connectivity index is 1.88. The van der Waals surface area contributed by atoms with Crippen LogP contribution in [0, 0.1) is 0 Å². The molecule has 3 aromatic rings. The highest BCUT2D eigenvalue weighted by atomic mass is 16.3. The first kappa shape index (κ1) is 13.6. The molecule has 5 nitrogen and oxygen atoms in total. The Morgan fingerprint density at radius 3 is 2.71 bits per heavy atom. The fraction of sp³-hybridized carbons (Fsp3) is 0.250. The Kier molecular flexibility index (Phi) is 3.58. The fourth-order valence-electron chi connectivity index (χ4n) is 2.38. The zero-order valence-electron chi connectivity index (χ0n) is 12.0. The summed E-state index contributed by atoms with van der Waals surface area (Å²) in [5, 5.41) is 3.97. The van der Waals surface area contributed by atoms with Gasteiger partial charge in [-0.25, -0.2) is 4.98 Å². The summed E-state index contributed by atoms with van der Waals surface area (Å²) in [5.74, 6) is 1.47. The number of para-hydroxylation sites is 1. The van der Waals surface area contributed by atoms with Crippen LogP contribution < -0.4 is 10.9 Å². The van der Waals surface area contributed by atoms with Gasteiger partial charge in [-0.3, -0.25) is 10.1 Å². The van der Waals surface area contributed by atoms with Crippen molar-refractivity contribution in [2.45, 2.75) is 25.9 Å². The van der Waals surface area contributed by atoms with Crippen molar-refractivity contribution in [2.75, 3.05) is 0 Å². The summed E-state index contributed by atoms with van der Waals surface area (Å²) in [6.45, 7) is 3.97. The fourth-order valence-corrected chi connectivity index (χ4v) is 2.38. The monoisotopic (exact) mass is 283 g/mol. The summed E-state index contributed by atoms with van der Waals surface area (Å²) < 4.78 is 5.37. The van der Waals surface area contributed by atoms with Gasteiger partial charge in [0.15, 0.2) is 0 Å². The summed E-state index contributed by atoms with van der Waals surface area (Å²) in [4.78, 5) is 19.4. The number of benzene rings is 1. The molecule has 0 aliphatic heterocycles. The van der Waals surface area contributed by atoms with Crippen molar-refractivity contribution < 1.29 is 4.42 Å². The molecular weight excluding hydrogens is 266 g/mol. The smallest absolute Gasteiger partial charge is 0.258 e. The van der Waals surface area contributed by atoms with E-state index in [4.69, 9.17) is 4.42 Å². The van der Waals surface area contributed by atoms with Crippen LogP contribution >= 0.6 is 0 Å². The van der Waals surface area contributed by atoms with Crippen LogP contribution in [0.2, 0.25) is 0 Å². The normalized spacial score (nSPS) is 14.2. The van der Waals surface area contributed by atoms with Gasteiger partial charge in [0.2, 0.25) is 0 Å². The van der Waals surface area contributed by atoms with E-state index < -0.39 is 0 Å². The standard InChI is InChI=1S/C16H17N3O2/c1-10(14-8-5-9-21-14)17-11(2)15-18-13-7-4-3-6-12(13)16(20)19-15/h3-11,17H,1-2H3,(H,18,19,20)/t10-,11+/m1/s1. The lowest BCUT2D eigenvalue weighted by Gasteiger charge is -2.18. The van der Waals surface area contributed by atoms with E-state index in [0.717, 1.165) is 5.76 Å². The number of fused-ring (bicyclic) bond motifs is 1. The molecule has 0 amide bonds. The lowest BCUT2D eigenvalue weighted by molar-refractivity contribution is 0.396. The van der Waals surface area contributed by atoms with Crippen molar-refractivity contribution in [3.8, 4) is 0 Å². The molecule has 0 saturated carbocycles. The molecule has 2 aromatic heterocycles. The molecule has 3 rings (SSSR count). The van der Waals surface area contributed by atoms with Crippen molar-refractivity contribution in [3.63, 3.8) is 0 Å².